The maximum absolute atomic E-state index is 13.4. The van der Waals surface area contributed by atoms with E-state index in [1.54, 1.807) is 5.38 Å². The number of benzene rings is 2. The Morgan fingerprint density at radius 2 is 1.97 bits per heavy atom. The molecule has 0 aliphatic rings. The predicted octanol–water partition coefficient (Wildman–Crippen LogP) is 3.48. The van der Waals surface area contributed by atoms with Gasteiger partial charge in [-0.05, 0) is 36.4 Å². The van der Waals surface area contributed by atoms with Gasteiger partial charge < -0.3 is 10.1 Å². The molecule has 35 heavy (non-hydrogen) atoms. The van der Waals surface area contributed by atoms with Crippen molar-refractivity contribution in [2.24, 2.45) is 0 Å². The van der Waals surface area contributed by atoms with Gasteiger partial charge in [0.15, 0.2) is 17.6 Å². The fraction of sp³-hybridized carbons (Fsp3) is 0.0500. The monoisotopic (exact) mass is 518 g/mol. The van der Waals surface area contributed by atoms with Gasteiger partial charge in [0.1, 0.15) is 5.82 Å². The number of amides is 1. The van der Waals surface area contributed by atoms with Crippen molar-refractivity contribution in [2.75, 3.05) is 10.0 Å². The SMILES string of the molecule is O=C(Nc1ccc(S(=O)(=O)Nc2nccs2)cc1)c1ccn(COc2cc(F)ccc2[N+](=O)[O-])n1. The van der Waals surface area contributed by atoms with Crippen molar-refractivity contribution < 1.29 is 27.3 Å². The second-order valence-electron chi connectivity index (χ2n) is 6.80. The first-order valence-corrected chi connectivity index (χ1v) is 12.0. The highest BCUT2D eigenvalue weighted by atomic mass is 32.2. The zero-order chi connectivity index (χ0) is 25.0. The number of hydrogen-bond acceptors (Lipinski definition) is 9. The summed E-state index contributed by atoms with van der Waals surface area (Å²) < 4.78 is 47.0. The molecule has 2 aromatic heterocycles. The van der Waals surface area contributed by atoms with Crippen molar-refractivity contribution in [3.63, 3.8) is 0 Å². The average molecular weight is 519 g/mol. The number of aromatic nitrogens is 3. The van der Waals surface area contributed by atoms with Crippen molar-refractivity contribution >= 4 is 43.8 Å². The van der Waals surface area contributed by atoms with Gasteiger partial charge in [0, 0.05) is 35.6 Å². The van der Waals surface area contributed by atoms with Gasteiger partial charge in [-0.3, -0.25) is 19.6 Å². The van der Waals surface area contributed by atoms with E-state index >= 15 is 0 Å². The molecular weight excluding hydrogens is 503 g/mol. The summed E-state index contributed by atoms with van der Waals surface area (Å²) in [6.45, 7) is -0.309. The molecule has 2 N–H and O–H groups in total. The number of carbonyl (C=O) groups is 1. The van der Waals surface area contributed by atoms with Crippen molar-refractivity contribution in [3.05, 3.63) is 87.9 Å². The molecule has 0 saturated carbocycles. The fourth-order valence-corrected chi connectivity index (χ4v) is 4.59. The molecule has 15 heteroatoms. The van der Waals surface area contributed by atoms with Crippen LogP contribution in [0.2, 0.25) is 0 Å². The van der Waals surface area contributed by atoms with E-state index in [0.29, 0.717) is 5.69 Å². The quantitative estimate of drug-likeness (QED) is 0.252. The number of nitro groups is 1. The molecule has 0 saturated heterocycles. The van der Waals surface area contributed by atoms with E-state index in [4.69, 9.17) is 4.74 Å². The van der Waals surface area contributed by atoms with Crippen LogP contribution >= 0.6 is 11.3 Å². The second-order valence-corrected chi connectivity index (χ2v) is 9.38. The van der Waals surface area contributed by atoms with Gasteiger partial charge in [0.05, 0.1) is 9.82 Å². The average Bonchev–Trinajstić information content (AvgIpc) is 3.50. The summed E-state index contributed by atoms with van der Waals surface area (Å²) in [6, 6.07) is 9.67. The molecule has 12 nitrogen and oxygen atoms in total. The zero-order valence-corrected chi connectivity index (χ0v) is 19.1. The normalized spacial score (nSPS) is 11.1. The van der Waals surface area contributed by atoms with Crippen LogP contribution in [0.25, 0.3) is 0 Å². The molecule has 0 fully saturated rings. The lowest BCUT2D eigenvalue weighted by Crippen LogP contribution is -2.15. The molecule has 0 bridgehead atoms. The summed E-state index contributed by atoms with van der Waals surface area (Å²) in [4.78, 5) is 26.7. The highest BCUT2D eigenvalue weighted by molar-refractivity contribution is 7.93. The third kappa shape index (κ3) is 5.77. The maximum Gasteiger partial charge on any atom is 0.311 e. The van der Waals surface area contributed by atoms with Gasteiger partial charge in [-0.25, -0.2) is 22.5 Å². The number of hydrogen-bond donors (Lipinski definition) is 2. The molecule has 180 valence electrons. The molecule has 0 aliphatic heterocycles. The molecule has 0 aliphatic carbocycles. The minimum absolute atomic E-state index is 0.00414. The number of nitrogens with zero attached hydrogens (tertiary/aromatic N) is 4. The van der Waals surface area contributed by atoms with Crippen LogP contribution in [0.4, 0.5) is 20.9 Å². The Bertz CT molecular complexity index is 1470. The number of nitrogens with one attached hydrogen (secondary N) is 2. The molecule has 0 atom stereocenters. The topological polar surface area (TPSA) is 158 Å². The Labute approximate surface area is 201 Å². The third-order valence-corrected chi connectivity index (χ3v) is 6.59. The van der Waals surface area contributed by atoms with Crippen LogP contribution < -0.4 is 14.8 Å². The standard InChI is InChI=1S/C20H15FN6O6S2/c21-13-1-6-17(27(29)30)18(11-13)33-12-26-9-7-16(24-26)19(28)23-14-2-4-15(5-3-14)35(31,32)25-20-22-8-10-34-20/h1-11H,12H2,(H,22,25)(H,23,28). The maximum atomic E-state index is 13.4. The number of nitro benzene ring substituents is 1. The molecule has 4 rings (SSSR count). The van der Waals surface area contributed by atoms with Crippen LogP contribution in [0.15, 0.2) is 71.2 Å². The van der Waals surface area contributed by atoms with Crippen LogP contribution in [0.5, 0.6) is 5.75 Å². The molecule has 0 spiro atoms. The summed E-state index contributed by atoms with van der Waals surface area (Å²) >= 11 is 1.14. The number of halogens is 1. The van der Waals surface area contributed by atoms with Crippen molar-refractivity contribution in [3.8, 4) is 5.75 Å². The summed E-state index contributed by atoms with van der Waals surface area (Å²) in [5.74, 6) is -1.57. The second kappa shape index (κ2) is 9.86. The van der Waals surface area contributed by atoms with Crippen LogP contribution in [0.3, 0.4) is 0 Å². The minimum Gasteiger partial charge on any atom is -0.464 e. The Hall–Kier alpha value is -4.37. The Morgan fingerprint density at radius 3 is 2.66 bits per heavy atom. The lowest BCUT2D eigenvalue weighted by atomic mass is 10.3. The largest absolute Gasteiger partial charge is 0.464 e. The zero-order valence-electron chi connectivity index (χ0n) is 17.5. The number of anilines is 2. The molecule has 0 radical (unpaired) electrons. The van der Waals surface area contributed by atoms with Gasteiger partial charge in [-0.15, -0.1) is 11.3 Å². The Morgan fingerprint density at radius 1 is 1.20 bits per heavy atom. The van der Waals surface area contributed by atoms with E-state index < -0.39 is 32.4 Å². The van der Waals surface area contributed by atoms with E-state index in [1.165, 1.54) is 47.4 Å². The van der Waals surface area contributed by atoms with E-state index in [-0.39, 0.29) is 28.2 Å². The number of rotatable bonds is 9. The van der Waals surface area contributed by atoms with Crippen LogP contribution in [0.1, 0.15) is 10.5 Å². The first-order valence-electron chi connectivity index (χ1n) is 9.65. The molecule has 0 unspecified atom stereocenters. The molecule has 1 amide bonds. The summed E-state index contributed by atoms with van der Waals surface area (Å²) in [5, 5.41) is 19.5. The number of thiazole rings is 1. The van der Waals surface area contributed by atoms with Crippen LogP contribution in [-0.4, -0.2) is 34.0 Å². The van der Waals surface area contributed by atoms with E-state index in [9.17, 15) is 27.7 Å². The third-order valence-electron chi connectivity index (χ3n) is 4.42. The summed E-state index contributed by atoms with van der Waals surface area (Å²) in [6.07, 6.45) is 2.87. The van der Waals surface area contributed by atoms with Crippen LogP contribution in [0, 0.1) is 15.9 Å². The first kappa shape index (κ1) is 23.8. The minimum atomic E-state index is -3.83. The Kier molecular flexibility index (Phi) is 6.70. The van der Waals surface area contributed by atoms with Gasteiger partial charge in [0.25, 0.3) is 15.9 Å². The van der Waals surface area contributed by atoms with E-state index in [1.807, 2.05) is 0 Å². The highest BCUT2D eigenvalue weighted by Gasteiger charge is 2.18. The van der Waals surface area contributed by atoms with E-state index in [2.05, 4.69) is 20.1 Å². The molecule has 4 aromatic rings. The van der Waals surface area contributed by atoms with Gasteiger partial charge >= 0.3 is 5.69 Å². The lowest BCUT2D eigenvalue weighted by Gasteiger charge is -2.08. The fourth-order valence-electron chi connectivity index (χ4n) is 2.81. The van der Waals surface area contributed by atoms with Crippen LogP contribution in [-0.2, 0) is 16.8 Å². The van der Waals surface area contributed by atoms with Crippen molar-refractivity contribution in [1.82, 2.24) is 14.8 Å². The smallest absolute Gasteiger partial charge is 0.311 e. The van der Waals surface area contributed by atoms with E-state index in [0.717, 1.165) is 29.5 Å². The first-order chi connectivity index (χ1) is 16.7. The van der Waals surface area contributed by atoms with Crippen molar-refractivity contribution in [1.29, 1.82) is 0 Å². The summed E-state index contributed by atoms with van der Waals surface area (Å²) in [7, 11) is -3.83. The van der Waals surface area contributed by atoms with Gasteiger partial charge in [-0.1, -0.05) is 0 Å². The number of ether oxygens (including phenoxy) is 1. The van der Waals surface area contributed by atoms with Gasteiger partial charge in [-0.2, -0.15) is 5.10 Å². The molecule has 2 heterocycles. The highest BCUT2D eigenvalue weighted by Crippen LogP contribution is 2.27. The lowest BCUT2D eigenvalue weighted by molar-refractivity contribution is -0.386. The summed E-state index contributed by atoms with van der Waals surface area (Å²) in [5.41, 5.74) is -0.0855. The van der Waals surface area contributed by atoms with Gasteiger partial charge in [0.2, 0.25) is 5.75 Å². The molecule has 2 aromatic carbocycles. The number of carbonyl (C=O) groups excluding carboxylic acids is 1. The predicted molar refractivity (Wildman–Crippen MR) is 123 cm³/mol. The van der Waals surface area contributed by atoms with Crippen molar-refractivity contribution in [2.45, 2.75) is 11.6 Å². The Balaban J connectivity index is 1.38. The number of sulfonamides is 1. The molecular formula is C20H15FN6O6S2.